The zero-order chi connectivity index (χ0) is 23.0. The summed E-state index contributed by atoms with van der Waals surface area (Å²) in [6.07, 6.45) is 0. The number of ether oxygens (including phenoxy) is 2. The summed E-state index contributed by atoms with van der Waals surface area (Å²) in [5.41, 5.74) is 0.846. The Morgan fingerprint density at radius 3 is 2.47 bits per heavy atom. The van der Waals surface area contributed by atoms with Crippen molar-refractivity contribution in [3.8, 4) is 11.5 Å². The summed E-state index contributed by atoms with van der Waals surface area (Å²) >= 11 is 3.42. The summed E-state index contributed by atoms with van der Waals surface area (Å²) in [7, 11) is 2.96. The average molecular weight is 499 g/mol. The summed E-state index contributed by atoms with van der Waals surface area (Å²) in [4.78, 5) is 27.4. The number of hydrogen-bond acceptors (Lipinski definition) is 7. The maximum atomic E-state index is 13.1. The Balaban J connectivity index is 1.94. The van der Waals surface area contributed by atoms with Gasteiger partial charge < -0.3 is 19.1 Å². The van der Waals surface area contributed by atoms with E-state index < -0.39 is 17.7 Å². The van der Waals surface area contributed by atoms with Crippen molar-refractivity contribution in [3.63, 3.8) is 0 Å². The Labute approximate surface area is 192 Å². The number of aryl methyl sites for hydroxylation is 1. The number of halogens is 1. The molecular formula is C23H19BrN2O6. The monoisotopic (exact) mass is 498 g/mol. The molecule has 3 aromatic rings. The molecule has 2 aromatic carbocycles. The van der Waals surface area contributed by atoms with Gasteiger partial charge in [0.25, 0.3) is 5.78 Å². The first-order valence-electron chi connectivity index (χ1n) is 9.58. The molecule has 164 valence electrons. The number of benzene rings is 2. The van der Waals surface area contributed by atoms with Crippen LogP contribution in [-0.4, -0.2) is 36.2 Å². The van der Waals surface area contributed by atoms with Gasteiger partial charge >= 0.3 is 5.91 Å². The van der Waals surface area contributed by atoms with Gasteiger partial charge in [-0.3, -0.25) is 14.5 Å². The van der Waals surface area contributed by atoms with Gasteiger partial charge in [0, 0.05) is 16.1 Å². The zero-order valence-electron chi connectivity index (χ0n) is 17.5. The number of nitrogens with zero attached hydrogens (tertiary/aromatic N) is 2. The molecule has 0 saturated carbocycles. The lowest BCUT2D eigenvalue weighted by molar-refractivity contribution is -0.132. The first-order valence-corrected chi connectivity index (χ1v) is 10.4. The van der Waals surface area contributed by atoms with Gasteiger partial charge in [0.2, 0.25) is 0 Å². The number of amides is 1. The molecule has 0 radical (unpaired) electrons. The fourth-order valence-corrected chi connectivity index (χ4v) is 4.08. The van der Waals surface area contributed by atoms with Crippen LogP contribution in [-0.2, 0) is 9.59 Å². The number of carbonyl (C=O) groups excluding carboxylic acids is 2. The quantitative estimate of drug-likeness (QED) is 0.316. The van der Waals surface area contributed by atoms with Gasteiger partial charge in [-0.25, -0.2) is 0 Å². The molecule has 1 aromatic heterocycles. The van der Waals surface area contributed by atoms with E-state index in [9.17, 15) is 14.7 Å². The minimum atomic E-state index is -0.912. The number of rotatable bonds is 5. The van der Waals surface area contributed by atoms with Gasteiger partial charge in [0.1, 0.15) is 11.5 Å². The summed E-state index contributed by atoms with van der Waals surface area (Å²) in [6, 6.07) is 12.5. The molecule has 4 rings (SSSR count). The van der Waals surface area contributed by atoms with E-state index in [1.807, 2.05) is 6.07 Å². The second-order valence-corrected chi connectivity index (χ2v) is 8.01. The van der Waals surface area contributed by atoms with E-state index in [2.05, 4.69) is 21.1 Å². The Bertz CT molecular complexity index is 1250. The maximum absolute atomic E-state index is 13.1. The fraction of sp³-hybridized carbons (Fsp3) is 0.174. The molecule has 1 saturated heterocycles. The lowest BCUT2D eigenvalue weighted by Gasteiger charge is -2.23. The number of carbonyl (C=O) groups is 2. The van der Waals surface area contributed by atoms with Crippen LogP contribution in [0, 0.1) is 6.92 Å². The third-order valence-electron chi connectivity index (χ3n) is 5.13. The van der Waals surface area contributed by atoms with E-state index >= 15 is 0 Å². The Kier molecular flexibility index (Phi) is 5.75. The standard InChI is InChI=1S/C23H19BrN2O6/c1-12-9-18(25-32-12)26-20(13-5-4-6-15(24)10-13)19(22(28)23(26)29)21(27)14-7-8-16(30-2)17(11-14)31-3/h4-11,20,27H,1-3H3. The number of hydrogen-bond donors (Lipinski definition) is 1. The highest BCUT2D eigenvalue weighted by atomic mass is 79.9. The molecule has 1 N–H and O–H groups in total. The van der Waals surface area contributed by atoms with Crippen LogP contribution < -0.4 is 14.4 Å². The third kappa shape index (κ3) is 3.64. The van der Waals surface area contributed by atoms with Crippen molar-refractivity contribution in [2.24, 2.45) is 0 Å². The van der Waals surface area contributed by atoms with Gasteiger partial charge in [-0.05, 0) is 42.8 Å². The van der Waals surface area contributed by atoms with E-state index in [0.29, 0.717) is 28.4 Å². The topological polar surface area (TPSA) is 102 Å². The van der Waals surface area contributed by atoms with Crippen molar-refractivity contribution in [3.05, 3.63) is 75.5 Å². The van der Waals surface area contributed by atoms with Crippen LogP contribution in [0.25, 0.3) is 5.76 Å². The second-order valence-electron chi connectivity index (χ2n) is 7.09. The molecule has 2 heterocycles. The van der Waals surface area contributed by atoms with Gasteiger partial charge in [-0.1, -0.05) is 33.2 Å². The van der Waals surface area contributed by atoms with Gasteiger partial charge in [-0.2, -0.15) is 0 Å². The first-order chi connectivity index (χ1) is 15.3. The molecular weight excluding hydrogens is 480 g/mol. The molecule has 32 heavy (non-hydrogen) atoms. The summed E-state index contributed by atoms with van der Waals surface area (Å²) < 4.78 is 16.4. The van der Waals surface area contributed by atoms with Crippen LogP contribution in [0.4, 0.5) is 5.82 Å². The van der Waals surface area contributed by atoms with Gasteiger partial charge in [0.05, 0.1) is 25.8 Å². The highest BCUT2D eigenvalue weighted by Crippen LogP contribution is 2.43. The number of aliphatic hydroxyl groups is 1. The van der Waals surface area contributed by atoms with E-state index in [1.165, 1.54) is 19.1 Å². The van der Waals surface area contributed by atoms with E-state index in [0.717, 1.165) is 4.47 Å². The lowest BCUT2D eigenvalue weighted by atomic mass is 9.95. The Morgan fingerprint density at radius 1 is 1.09 bits per heavy atom. The summed E-state index contributed by atoms with van der Waals surface area (Å²) in [6.45, 7) is 1.69. The number of Topliss-reactive ketones (excluding diaryl/α,β-unsaturated/α-hetero) is 1. The molecule has 1 aliphatic rings. The van der Waals surface area contributed by atoms with Crippen LogP contribution in [0.2, 0.25) is 0 Å². The maximum Gasteiger partial charge on any atom is 0.301 e. The van der Waals surface area contributed by atoms with E-state index in [-0.39, 0.29) is 17.2 Å². The van der Waals surface area contributed by atoms with Crippen molar-refractivity contribution >= 4 is 39.2 Å². The predicted molar refractivity (Wildman–Crippen MR) is 120 cm³/mol. The van der Waals surface area contributed by atoms with Crippen LogP contribution in [0.1, 0.15) is 22.9 Å². The fourth-order valence-electron chi connectivity index (χ4n) is 3.67. The summed E-state index contributed by atoms with van der Waals surface area (Å²) in [5, 5.41) is 15.1. The smallest absolute Gasteiger partial charge is 0.301 e. The van der Waals surface area contributed by atoms with E-state index in [4.69, 9.17) is 14.0 Å². The van der Waals surface area contributed by atoms with Gasteiger partial charge in [0.15, 0.2) is 17.3 Å². The molecule has 1 atom stereocenters. The van der Waals surface area contributed by atoms with E-state index in [1.54, 1.807) is 49.4 Å². The number of ketones is 1. The zero-order valence-corrected chi connectivity index (χ0v) is 19.0. The van der Waals surface area contributed by atoms with Crippen molar-refractivity contribution in [1.82, 2.24) is 5.16 Å². The van der Waals surface area contributed by atoms with Crippen LogP contribution in [0.15, 0.2) is 63.1 Å². The molecule has 1 fully saturated rings. The van der Waals surface area contributed by atoms with Crippen LogP contribution in [0.3, 0.4) is 0 Å². The van der Waals surface area contributed by atoms with Gasteiger partial charge in [-0.15, -0.1) is 0 Å². The lowest BCUT2D eigenvalue weighted by Crippen LogP contribution is -2.29. The molecule has 0 bridgehead atoms. The average Bonchev–Trinajstić information content (AvgIpc) is 3.33. The second kappa shape index (κ2) is 8.51. The highest BCUT2D eigenvalue weighted by molar-refractivity contribution is 9.10. The Morgan fingerprint density at radius 2 is 1.84 bits per heavy atom. The normalized spacial score (nSPS) is 17.6. The third-order valence-corrected chi connectivity index (χ3v) is 5.62. The van der Waals surface area contributed by atoms with Crippen molar-refractivity contribution in [1.29, 1.82) is 0 Å². The SMILES string of the molecule is COc1ccc(C(O)=C2C(=O)C(=O)N(c3cc(C)on3)C2c2cccc(Br)c2)cc1OC. The molecule has 0 spiro atoms. The minimum Gasteiger partial charge on any atom is -0.507 e. The van der Waals surface area contributed by atoms with Crippen molar-refractivity contribution in [2.45, 2.75) is 13.0 Å². The first kappa shape index (κ1) is 21.6. The number of aromatic nitrogens is 1. The molecule has 0 aliphatic carbocycles. The van der Waals surface area contributed by atoms with Crippen LogP contribution >= 0.6 is 15.9 Å². The molecule has 1 unspecified atom stereocenters. The number of methoxy groups -OCH3 is 2. The summed E-state index contributed by atoms with van der Waals surface area (Å²) in [5.74, 6) is -0.482. The molecule has 1 aliphatic heterocycles. The number of aliphatic hydroxyl groups excluding tert-OH is 1. The molecule has 8 nitrogen and oxygen atoms in total. The predicted octanol–water partition coefficient (Wildman–Crippen LogP) is 4.39. The van der Waals surface area contributed by atoms with Crippen molar-refractivity contribution < 1.29 is 28.7 Å². The van der Waals surface area contributed by atoms with Crippen LogP contribution in [0.5, 0.6) is 11.5 Å². The number of anilines is 1. The Hall–Kier alpha value is -3.59. The largest absolute Gasteiger partial charge is 0.507 e. The minimum absolute atomic E-state index is 0.0685. The molecule has 9 heteroatoms. The highest BCUT2D eigenvalue weighted by Gasteiger charge is 2.48. The molecule has 1 amide bonds. The van der Waals surface area contributed by atoms with Crippen molar-refractivity contribution in [2.75, 3.05) is 19.1 Å².